The highest BCUT2D eigenvalue weighted by Gasteiger charge is 2.59. The molecule has 4 saturated carbocycles. The molecule has 7 aliphatic rings. The van der Waals surface area contributed by atoms with Crippen molar-refractivity contribution in [1.82, 2.24) is 20.1 Å². The maximum absolute atomic E-state index is 12.3. The summed E-state index contributed by atoms with van der Waals surface area (Å²) in [6.45, 7) is 12.9. The van der Waals surface area contributed by atoms with Crippen molar-refractivity contribution in [2.24, 2.45) is 64.1 Å². The molecular formula is C42H62N4O5. The highest BCUT2D eigenvalue weighted by atomic mass is 16.8. The first kappa shape index (κ1) is 35.3. The predicted molar refractivity (Wildman–Crippen MR) is 193 cm³/mol. The van der Waals surface area contributed by atoms with Gasteiger partial charge in [0.05, 0.1) is 24.0 Å². The summed E-state index contributed by atoms with van der Waals surface area (Å²) in [5, 5.41) is 10.1. The summed E-state index contributed by atoms with van der Waals surface area (Å²) in [6.07, 6.45) is 20.5. The molecule has 280 valence electrons. The molecule has 1 aromatic rings. The number of carbonyl (C=O) groups is 3. The Bertz CT molecular complexity index is 1530. The first-order chi connectivity index (χ1) is 24.5. The molecule has 5 fully saturated rings. The van der Waals surface area contributed by atoms with E-state index in [0.29, 0.717) is 33.8 Å². The predicted octanol–water partition coefficient (Wildman–Crippen LogP) is 8.82. The number of rotatable bonds is 9. The summed E-state index contributed by atoms with van der Waals surface area (Å²) in [6, 6.07) is 0.382. The van der Waals surface area contributed by atoms with Crippen LogP contribution in [-0.4, -0.2) is 44.6 Å². The summed E-state index contributed by atoms with van der Waals surface area (Å²) in [7, 11) is 0. The molecule has 0 bridgehead atoms. The Morgan fingerprint density at radius 1 is 0.902 bits per heavy atom. The van der Waals surface area contributed by atoms with Crippen molar-refractivity contribution < 1.29 is 24.0 Å². The third kappa shape index (κ3) is 6.28. The van der Waals surface area contributed by atoms with Crippen LogP contribution in [0.3, 0.4) is 0 Å². The molecule has 2 heterocycles. The topological polar surface area (TPSA) is 104 Å². The molecule has 9 nitrogen and oxygen atoms in total. The second kappa shape index (κ2) is 13.6. The molecule has 1 aromatic heterocycles. The number of ether oxygens (including phenoxy) is 1. The van der Waals surface area contributed by atoms with Crippen LogP contribution in [-0.2, 0) is 32.0 Å². The van der Waals surface area contributed by atoms with Crippen LogP contribution < -0.4 is 0 Å². The number of aromatic nitrogens is 3. The first-order valence-corrected chi connectivity index (χ1v) is 20.8. The molecule has 9 heteroatoms. The van der Waals surface area contributed by atoms with Crippen LogP contribution in [0.5, 0.6) is 0 Å². The summed E-state index contributed by atoms with van der Waals surface area (Å²) in [5.74, 6) is 5.41. The van der Waals surface area contributed by atoms with Crippen LogP contribution in [0.15, 0.2) is 11.6 Å². The van der Waals surface area contributed by atoms with Crippen molar-refractivity contribution in [2.75, 3.05) is 6.61 Å². The van der Waals surface area contributed by atoms with Gasteiger partial charge in [0.15, 0.2) is 0 Å². The molecule has 2 amide bonds. The van der Waals surface area contributed by atoms with Gasteiger partial charge in [-0.15, -0.1) is 5.10 Å². The van der Waals surface area contributed by atoms with Crippen LogP contribution in [0.2, 0.25) is 0 Å². The van der Waals surface area contributed by atoms with Gasteiger partial charge < -0.3 is 4.74 Å². The fourth-order valence-corrected chi connectivity index (χ4v) is 13.1. The number of aryl methyl sites for hydroxylation is 1. The second-order valence-corrected chi connectivity index (χ2v) is 18.9. The van der Waals surface area contributed by atoms with E-state index in [2.05, 4.69) is 45.4 Å². The summed E-state index contributed by atoms with van der Waals surface area (Å²) in [4.78, 5) is 40.7. The van der Waals surface area contributed by atoms with Gasteiger partial charge in [0.25, 0.3) is 11.8 Å². The molecule has 1 saturated heterocycles. The lowest BCUT2D eigenvalue weighted by atomic mass is 9.47. The molecule has 0 aromatic carbocycles. The van der Waals surface area contributed by atoms with E-state index < -0.39 is 18.0 Å². The minimum Gasteiger partial charge on any atom is -0.432 e. The number of hydrogen-bond acceptors (Lipinski definition) is 7. The van der Waals surface area contributed by atoms with E-state index in [1.165, 1.54) is 69.9 Å². The van der Waals surface area contributed by atoms with Gasteiger partial charge in [-0.25, -0.2) is 9.48 Å². The van der Waals surface area contributed by atoms with Crippen LogP contribution in [0.1, 0.15) is 148 Å². The fraction of sp³-hybridized carbons (Fsp3) is 0.833. The van der Waals surface area contributed by atoms with Gasteiger partial charge in [-0.05, 0) is 141 Å². The van der Waals surface area contributed by atoms with Crippen molar-refractivity contribution in [3.05, 3.63) is 23.0 Å². The van der Waals surface area contributed by atoms with Crippen LogP contribution in [0.25, 0.3) is 0 Å². The highest BCUT2D eigenvalue weighted by Crippen LogP contribution is 2.68. The Hall–Kier alpha value is -2.71. The number of nitrogens with zero attached hydrogens (tertiary/aromatic N) is 4. The minimum absolute atomic E-state index is 0.0718. The number of allylic oxidation sites excluding steroid dienone is 2. The van der Waals surface area contributed by atoms with E-state index in [9.17, 15) is 14.4 Å². The van der Waals surface area contributed by atoms with Crippen molar-refractivity contribution >= 4 is 18.0 Å². The van der Waals surface area contributed by atoms with Gasteiger partial charge in [-0.3, -0.25) is 14.4 Å². The Morgan fingerprint density at radius 2 is 1.67 bits per heavy atom. The lowest BCUT2D eigenvalue weighted by Crippen LogP contribution is -2.50. The summed E-state index contributed by atoms with van der Waals surface area (Å²) in [5.41, 5.74) is 5.03. The lowest BCUT2D eigenvalue weighted by molar-refractivity contribution is -0.177. The molecule has 0 spiro atoms. The maximum atomic E-state index is 12.3. The van der Waals surface area contributed by atoms with E-state index in [-0.39, 0.29) is 25.4 Å². The molecule has 0 N–H and O–H groups in total. The van der Waals surface area contributed by atoms with Crippen molar-refractivity contribution in [2.45, 2.75) is 150 Å². The third-order valence-electron chi connectivity index (χ3n) is 16.0. The zero-order valence-electron chi connectivity index (χ0n) is 31.9. The Morgan fingerprint density at radius 3 is 2.43 bits per heavy atom. The van der Waals surface area contributed by atoms with Crippen LogP contribution in [0.4, 0.5) is 4.79 Å². The number of hydroxylamine groups is 2. The van der Waals surface area contributed by atoms with Crippen molar-refractivity contribution in [1.29, 1.82) is 0 Å². The Balaban J connectivity index is 0.880. The smallest absolute Gasteiger partial charge is 0.432 e. The van der Waals surface area contributed by atoms with Crippen molar-refractivity contribution in [3.8, 4) is 0 Å². The molecule has 6 aliphatic carbocycles. The van der Waals surface area contributed by atoms with Crippen LogP contribution >= 0.6 is 0 Å². The number of fused-ring (bicyclic) bond motifs is 7. The molecule has 0 radical (unpaired) electrons. The molecule has 8 rings (SSSR count). The number of hydrogen-bond donors (Lipinski definition) is 0. The number of amides is 2. The van der Waals surface area contributed by atoms with Crippen molar-refractivity contribution in [3.63, 3.8) is 0 Å². The van der Waals surface area contributed by atoms with Crippen LogP contribution in [0, 0.1) is 64.1 Å². The fourth-order valence-electron chi connectivity index (χ4n) is 13.1. The zero-order chi connectivity index (χ0) is 35.7. The quantitative estimate of drug-likeness (QED) is 0.144. The largest absolute Gasteiger partial charge is 0.533 e. The zero-order valence-corrected chi connectivity index (χ0v) is 31.9. The minimum atomic E-state index is -0.970. The summed E-state index contributed by atoms with van der Waals surface area (Å²) >= 11 is 0. The average Bonchev–Trinajstić information content (AvgIpc) is 3.31. The standard InChI is InChI=1S/C42H62N4O5/c1-25(2)7-6-8-26(3)33-13-14-34-31-10-9-27-23-28(19-21-41(27,4)35(31)20-22-42(33,34)5)45-37-16-12-30-29(11-15-36(37)43-44-45)32(30)24-50-40(49)51-46-38(47)17-18-39(46)48/h9,25-26,28-35H,6-8,10-24H2,1-5H3/t26-,28+,29+,30-,31+,32+,33?,34+,35?,41+,42-/m1/s1. The Kier molecular flexibility index (Phi) is 9.43. The average molecular weight is 703 g/mol. The van der Waals surface area contributed by atoms with Gasteiger partial charge in [-0.1, -0.05) is 75.8 Å². The monoisotopic (exact) mass is 702 g/mol. The van der Waals surface area contributed by atoms with Gasteiger partial charge in [-0.2, -0.15) is 0 Å². The third-order valence-corrected chi connectivity index (χ3v) is 16.0. The van der Waals surface area contributed by atoms with Gasteiger partial charge >= 0.3 is 6.16 Å². The van der Waals surface area contributed by atoms with E-state index in [1.807, 2.05) is 0 Å². The van der Waals surface area contributed by atoms with Gasteiger partial charge in [0.2, 0.25) is 0 Å². The molecule has 11 atom stereocenters. The molecule has 1 aliphatic heterocycles. The SMILES string of the molecule is CC(C)CCC[C@@H](C)C1CC[C@H]2[C@@H]3CC=C4C[C@@H](n5nnc6c5CC[C@@H]5[C@H](CC6)[C@@H]5COC(=O)ON5C(=O)CCC5=O)CC[C@]4(C)C3CC[C@]12C. The molecular weight excluding hydrogens is 640 g/mol. The summed E-state index contributed by atoms with van der Waals surface area (Å²) < 4.78 is 7.71. The second-order valence-electron chi connectivity index (χ2n) is 18.9. The van der Waals surface area contributed by atoms with E-state index >= 15 is 0 Å². The number of imide groups is 1. The molecule has 51 heavy (non-hydrogen) atoms. The maximum Gasteiger partial charge on any atom is 0.533 e. The van der Waals surface area contributed by atoms with E-state index in [4.69, 9.17) is 19.9 Å². The van der Waals surface area contributed by atoms with E-state index in [0.717, 1.165) is 73.3 Å². The first-order valence-electron chi connectivity index (χ1n) is 20.8. The van der Waals surface area contributed by atoms with E-state index in [1.54, 1.807) is 5.57 Å². The Labute approximate surface area is 305 Å². The van der Waals surface area contributed by atoms with Gasteiger partial charge in [0, 0.05) is 12.8 Å². The van der Waals surface area contributed by atoms with Gasteiger partial charge in [0.1, 0.15) is 0 Å². The highest BCUT2D eigenvalue weighted by molar-refractivity contribution is 6.01. The normalized spacial score (nSPS) is 39.2. The molecule has 2 unspecified atom stereocenters. The number of carbonyl (C=O) groups excluding carboxylic acids is 3. The lowest BCUT2D eigenvalue weighted by Gasteiger charge is -2.58.